The van der Waals surface area contributed by atoms with E-state index >= 15 is 0 Å². The van der Waals surface area contributed by atoms with E-state index < -0.39 is 0 Å². The van der Waals surface area contributed by atoms with Crippen LogP contribution in [0, 0.1) is 0 Å². The Morgan fingerprint density at radius 2 is 2.20 bits per heavy atom. The van der Waals surface area contributed by atoms with E-state index in [0.717, 1.165) is 25.7 Å². The summed E-state index contributed by atoms with van der Waals surface area (Å²) in [5.74, 6) is 1.17. The number of ether oxygens (including phenoxy) is 1. The third-order valence-corrected chi connectivity index (χ3v) is 3.88. The first kappa shape index (κ1) is 13.1. The molecule has 7 nitrogen and oxygen atoms in total. The van der Waals surface area contributed by atoms with Crippen LogP contribution < -0.4 is 5.73 Å². The number of aromatic nitrogens is 4. The first-order valence-corrected chi connectivity index (χ1v) is 6.88. The Morgan fingerprint density at radius 3 is 2.85 bits per heavy atom. The normalized spacial score (nSPS) is 18.2. The maximum Gasteiger partial charge on any atom is 0.248 e. The number of methoxy groups -OCH3 is 1. The van der Waals surface area contributed by atoms with E-state index in [-0.39, 0.29) is 5.60 Å². The van der Waals surface area contributed by atoms with Crippen molar-refractivity contribution in [3.8, 4) is 0 Å². The molecule has 108 valence electrons. The number of rotatable bonds is 4. The molecule has 0 radical (unpaired) electrons. The highest BCUT2D eigenvalue weighted by molar-refractivity contribution is 5.30. The van der Waals surface area contributed by atoms with Crippen LogP contribution in [-0.4, -0.2) is 27.0 Å². The van der Waals surface area contributed by atoms with Crippen molar-refractivity contribution in [1.82, 2.24) is 19.9 Å². The average molecular weight is 277 g/mol. The highest BCUT2D eigenvalue weighted by Crippen LogP contribution is 2.38. The van der Waals surface area contributed by atoms with Crippen molar-refractivity contribution >= 4 is 5.69 Å². The summed E-state index contributed by atoms with van der Waals surface area (Å²) in [7, 11) is 1.72. The fraction of sp³-hybridized carbons (Fsp3) is 0.615. The minimum Gasteiger partial charge on any atom is -0.396 e. The van der Waals surface area contributed by atoms with Gasteiger partial charge in [-0.25, -0.2) is 0 Å². The lowest BCUT2D eigenvalue weighted by Gasteiger charge is -2.32. The summed E-state index contributed by atoms with van der Waals surface area (Å²) in [6.45, 7) is 0.421. The topological polar surface area (TPSA) is 92.0 Å². The summed E-state index contributed by atoms with van der Waals surface area (Å²) in [4.78, 5) is 4.48. The van der Waals surface area contributed by atoms with Crippen LogP contribution in [-0.2, 0) is 16.9 Å². The monoisotopic (exact) mass is 277 g/mol. The smallest absolute Gasteiger partial charge is 0.248 e. The van der Waals surface area contributed by atoms with E-state index in [0.29, 0.717) is 23.9 Å². The molecule has 0 amide bonds. The van der Waals surface area contributed by atoms with E-state index in [1.807, 2.05) is 0 Å². The van der Waals surface area contributed by atoms with Gasteiger partial charge in [0.1, 0.15) is 12.1 Å². The van der Waals surface area contributed by atoms with Gasteiger partial charge in [-0.15, -0.1) is 0 Å². The van der Waals surface area contributed by atoms with Crippen molar-refractivity contribution in [2.24, 2.45) is 0 Å². The summed E-state index contributed by atoms with van der Waals surface area (Å²) < 4.78 is 12.7. The minimum absolute atomic E-state index is 0.386. The number of nitrogens with two attached hydrogens (primary N) is 1. The Hall–Kier alpha value is -1.89. The maximum atomic E-state index is 5.71. The molecular formula is C13H19N5O2. The van der Waals surface area contributed by atoms with E-state index in [4.69, 9.17) is 15.0 Å². The lowest BCUT2D eigenvalue weighted by atomic mass is 9.84. The molecule has 0 aliphatic heterocycles. The quantitative estimate of drug-likeness (QED) is 0.914. The summed E-state index contributed by atoms with van der Waals surface area (Å²) in [5, 5.41) is 8.21. The number of hydrogen-bond donors (Lipinski definition) is 1. The van der Waals surface area contributed by atoms with Crippen LogP contribution >= 0.6 is 0 Å². The lowest BCUT2D eigenvalue weighted by Crippen LogP contribution is -2.32. The summed E-state index contributed by atoms with van der Waals surface area (Å²) in [6.07, 6.45) is 8.71. The summed E-state index contributed by atoms with van der Waals surface area (Å²) in [5.41, 5.74) is 5.86. The van der Waals surface area contributed by atoms with Crippen molar-refractivity contribution in [2.75, 3.05) is 12.8 Å². The molecule has 0 spiro atoms. The van der Waals surface area contributed by atoms with Crippen molar-refractivity contribution in [3.05, 3.63) is 24.1 Å². The van der Waals surface area contributed by atoms with Gasteiger partial charge in [0, 0.05) is 13.3 Å². The van der Waals surface area contributed by atoms with Crippen LogP contribution in [0.25, 0.3) is 0 Å². The largest absolute Gasteiger partial charge is 0.396 e. The second-order valence-corrected chi connectivity index (χ2v) is 5.24. The average Bonchev–Trinajstić information content (AvgIpc) is 3.10. The van der Waals surface area contributed by atoms with Gasteiger partial charge in [-0.3, -0.25) is 4.68 Å². The molecule has 1 aliphatic rings. The molecule has 7 heteroatoms. The van der Waals surface area contributed by atoms with Crippen LogP contribution in [0.15, 0.2) is 16.9 Å². The Kier molecular flexibility index (Phi) is 3.43. The Morgan fingerprint density at radius 1 is 1.40 bits per heavy atom. The van der Waals surface area contributed by atoms with Crippen molar-refractivity contribution in [3.63, 3.8) is 0 Å². The number of nitrogens with zero attached hydrogens (tertiary/aromatic N) is 4. The fourth-order valence-corrected chi connectivity index (χ4v) is 2.75. The zero-order chi connectivity index (χ0) is 14.0. The van der Waals surface area contributed by atoms with E-state index in [1.54, 1.807) is 24.2 Å². The molecule has 20 heavy (non-hydrogen) atoms. The van der Waals surface area contributed by atoms with E-state index in [2.05, 4.69) is 15.2 Å². The minimum atomic E-state index is -0.386. The van der Waals surface area contributed by atoms with Crippen LogP contribution in [0.2, 0.25) is 0 Å². The SMILES string of the molecule is COC1(c2noc(Cn3cc(N)cn3)n2)CCCCC1. The van der Waals surface area contributed by atoms with Crippen molar-refractivity contribution in [2.45, 2.75) is 44.2 Å². The molecular weight excluding hydrogens is 258 g/mol. The van der Waals surface area contributed by atoms with Gasteiger partial charge < -0.3 is 15.0 Å². The molecule has 1 saturated carbocycles. The Bertz CT molecular complexity index is 571. The zero-order valence-electron chi connectivity index (χ0n) is 11.6. The summed E-state index contributed by atoms with van der Waals surface area (Å²) in [6, 6.07) is 0. The molecule has 0 bridgehead atoms. The second-order valence-electron chi connectivity index (χ2n) is 5.24. The highest BCUT2D eigenvalue weighted by atomic mass is 16.5. The molecule has 0 saturated heterocycles. The van der Waals surface area contributed by atoms with Gasteiger partial charge in [-0.2, -0.15) is 10.1 Å². The first-order valence-electron chi connectivity index (χ1n) is 6.88. The molecule has 2 aromatic rings. The van der Waals surface area contributed by atoms with Gasteiger partial charge in [-0.05, 0) is 12.8 Å². The molecule has 0 unspecified atom stereocenters. The van der Waals surface area contributed by atoms with Gasteiger partial charge in [0.2, 0.25) is 11.7 Å². The van der Waals surface area contributed by atoms with Crippen LogP contribution in [0.1, 0.15) is 43.8 Å². The maximum absolute atomic E-state index is 5.71. The van der Waals surface area contributed by atoms with Crippen LogP contribution in [0.5, 0.6) is 0 Å². The van der Waals surface area contributed by atoms with Gasteiger partial charge in [-0.1, -0.05) is 24.4 Å². The van der Waals surface area contributed by atoms with Crippen molar-refractivity contribution < 1.29 is 9.26 Å². The third kappa shape index (κ3) is 2.40. The summed E-state index contributed by atoms with van der Waals surface area (Å²) >= 11 is 0. The Labute approximate surface area is 117 Å². The van der Waals surface area contributed by atoms with E-state index in [1.165, 1.54) is 6.42 Å². The second kappa shape index (κ2) is 5.24. The third-order valence-electron chi connectivity index (χ3n) is 3.88. The van der Waals surface area contributed by atoms with Gasteiger partial charge in [0.05, 0.1) is 11.9 Å². The standard InChI is InChI=1S/C13H19N5O2/c1-19-13(5-3-2-4-6-13)12-16-11(20-17-12)9-18-8-10(14)7-15-18/h7-8H,2-6,9,14H2,1H3. The molecule has 0 atom stereocenters. The number of anilines is 1. The molecule has 1 fully saturated rings. The first-order chi connectivity index (χ1) is 9.72. The molecule has 0 aromatic carbocycles. The molecule has 2 N–H and O–H groups in total. The molecule has 1 aliphatic carbocycles. The van der Waals surface area contributed by atoms with Crippen LogP contribution in [0.4, 0.5) is 5.69 Å². The highest BCUT2D eigenvalue weighted by Gasteiger charge is 2.38. The van der Waals surface area contributed by atoms with Crippen molar-refractivity contribution in [1.29, 1.82) is 0 Å². The molecule has 3 rings (SSSR count). The molecule has 2 heterocycles. The van der Waals surface area contributed by atoms with Gasteiger partial charge >= 0.3 is 0 Å². The predicted octanol–water partition coefficient (Wildman–Crippen LogP) is 1.70. The molecule has 2 aromatic heterocycles. The van der Waals surface area contributed by atoms with Gasteiger partial charge in [0.25, 0.3) is 0 Å². The fourth-order valence-electron chi connectivity index (χ4n) is 2.75. The number of nitrogen functional groups attached to an aromatic ring is 1. The Balaban J connectivity index is 1.78. The van der Waals surface area contributed by atoms with E-state index in [9.17, 15) is 0 Å². The van der Waals surface area contributed by atoms with Gasteiger partial charge in [0.15, 0.2) is 0 Å². The number of hydrogen-bond acceptors (Lipinski definition) is 6. The predicted molar refractivity (Wildman–Crippen MR) is 71.8 cm³/mol. The lowest BCUT2D eigenvalue weighted by molar-refractivity contribution is -0.0527. The van der Waals surface area contributed by atoms with Crippen LogP contribution in [0.3, 0.4) is 0 Å². The zero-order valence-corrected chi connectivity index (χ0v) is 11.6.